The molecule has 1 aliphatic heterocycles. The lowest BCUT2D eigenvalue weighted by Crippen LogP contribution is -2.24. The Balaban J connectivity index is 1.24. The van der Waals surface area contributed by atoms with Crippen molar-refractivity contribution in [2.75, 3.05) is 0 Å². The number of hydrogen-bond donors (Lipinski definition) is 0. The highest BCUT2D eigenvalue weighted by molar-refractivity contribution is 7.85. The molecule has 1 aliphatic rings. The molecule has 1 aromatic heterocycles. The predicted molar refractivity (Wildman–Crippen MR) is 151 cm³/mol. The Morgan fingerprint density at radius 2 is 0.947 bits per heavy atom. The largest absolute Gasteiger partial charge is 0.431 e. The van der Waals surface area contributed by atoms with Crippen LogP contribution in [-0.4, -0.2) is 9.97 Å². The third-order valence-electron chi connectivity index (χ3n) is 6.67. The third kappa shape index (κ3) is 3.76. The summed E-state index contributed by atoms with van der Waals surface area (Å²) in [4.78, 5) is 9.11. The van der Waals surface area contributed by atoms with Gasteiger partial charge in [0, 0.05) is 15.9 Å². The summed E-state index contributed by atoms with van der Waals surface area (Å²) in [5, 5.41) is 2.41. The molecule has 2 heterocycles. The van der Waals surface area contributed by atoms with Crippen molar-refractivity contribution in [1.29, 1.82) is 0 Å². The number of fused-ring (bicyclic) bond motifs is 3. The van der Waals surface area contributed by atoms with E-state index >= 15 is 0 Å². The molecule has 0 N–H and O–H groups in total. The van der Waals surface area contributed by atoms with Gasteiger partial charge in [-0.1, -0.05) is 103 Å². The number of ether oxygens (including phenoxy) is 2. The van der Waals surface area contributed by atoms with Crippen molar-refractivity contribution in [1.82, 2.24) is 9.97 Å². The molecule has 0 saturated heterocycles. The fourth-order valence-electron chi connectivity index (χ4n) is 4.75. The van der Waals surface area contributed by atoms with Crippen LogP contribution in [-0.2, 0) is 4.57 Å². The highest BCUT2D eigenvalue weighted by atomic mass is 31.2. The minimum Gasteiger partial charge on any atom is -0.431 e. The van der Waals surface area contributed by atoms with Crippen LogP contribution in [0.4, 0.5) is 0 Å². The number of para-hydroxylation sites is 2. The van der Waals surface area contributed by atoms with Gasteiger partial charge in [-0.3, -0.25) is 0 Å². The molecule has 0 radical (unpaired) electrons. The first-order valence-electron chi connectivity index (χ1n) is 12.3. The molecule has 6 heteroatoms. The lowest BCUT2D eigenvalue weighted by molar-refractivity contribution is 0.339. The Hall–Kier alpha value is -4.73. The first-order valence-corrected chi connectivity index (χ1v) is 14.0. The molecule has 5 aromatic carbocycles. The summed E-state index contributed by atoms with van der Waals surface area (Å²) in [5.41, 5.74) is 3.41. The fourth-order valence-corrected chi connectivity index (χ4v) is 7.39. The second-order valence-electron chi connectivity index (χ2n) is 9.02. The molecule has 0 aliphatic carbocycles. The second-order valence-corrected chi connectivity index (χ2v) is 11.8. The van der Waals surface area contributed by atoms with Crippen LogP contribution in [0.3, 0.4) is 0 Å². The monoisotopic (exact) mass is 512 g/mol. The first-order chi connectivity index (χ1) is 18.7. The zero-order chi connectivity index (χ0) is 25.5. The van der Waals surface area contributed by atoms with Crippen LogP contribution in [0.1, 0.15) is 0 Å². The van der Waals surface area contributed by atoms with Crippen LogP contribution in [0, 0.1) is 0 Å². The van der Waals surface area contributed by atoms with Crippen molar-refractivity contribution in [2.24, 2.45) is 0 Å². The quantitative estimate of drug-likeness (QED) is 0.242. The normalized spacial score (nSPS) is 12.2. The SMILES string of the molecule is O=P(c1ccccc1)(c1ccccc1)c1ccc(-c2ccc3c(c2)Oc2nc4ccccc4nc2O3)cc1. The van der Waals surface area contributed by atoms with Crippen LogP contribution in [0.25, 0.3) is 22.2 Å². The molecule has 0 spiro atoms. The Labute approximate surface area is 219 Å². The summed E-state index contributed by atoms with van der Waals surface area (Å²) in [6, 6.07) is 40.7. The van der Waals surface area contributed by atoms with Crippen LogP contribution >= 0.6 is 7.14 Å². The zero-order valence-corrected chi connectivity index (χ0v) is 21.1. The van der Waals surface area contributed by atoms with Crippen LogP contribution in [0.15, 0.2) is 127 Å². The number of rotatable bonds is 4. The lowest BCUT2D eigenvalue weighted by Gasteiger charge is -2.21. The number of benzene rings is 5. The van der Waals surface area contributed by atoms with Crippen molar-refractivity contribution >= 4 is 34.1 Å². The van der Waals surface area contributed by atoms with E-state index in [0.29, 0.717) is 23.3 Å². The molecular formula is C32H21N2O3P. The molecule has 0 amide bonds. The Morgan fingerprint density at radius 3 is 1.53 bits per heavy atom. The van der Waals surface area contributed by atoms with Gasteiger partial charge in [0.2, 0.25) is 0 Å². The molecular weight excluding hydrogens is 491 g/mol. The summed E-state index contributed by atoms with van der Waals surface area (Å²) >= 11 is 0. The number of aromatic nitrogens is 2. The van der Waals surface area contributed by atoms with E-state index in [-0.39, 0.29) is 0 Å². The second kappa shape index (κ2) is 8.98. The van der Waals surface area contributed by atoms with E-state index < -0.39 is 7.14 Å². The van der Waals surface area contributed by atoms with E-state index in [4.69, 9.17) is 9.47 Å². The van der Waals surface area contributed by atoms with Gasteiger partial charge in [-0.05, 0) is 35.4 Å². The maximum atomic E-state index is 14.6. The molecule has 7 rings (SSSR count). The van der Waals surface area contributed by atoms with E-state index in [2.05, 4.69) is 9.97 Å². The van der Waals surface area contributed by atoms with E-state index in [1.165, 1.54) is 0 Å². The Morgan fingerprint density at radius 1 is 0.474 bits per heavy atom. The topological polar surface area (TPSA) is 61.3 Å². The molecule has 6 aromatic rings. The standard InChI is InChI=1S/C32H21N2O3P/c35-38(24-9-3-1-4-10-24,25-11-5-2-6-12-25)26-18-15-22(16-19-26)23-17-20-29-30(21-23)37-32-31(36-29)33-27-13-7-8-14-28(27)34-32/h1-21H. The average Bonchev–Trinajstić information content (AvgIpc) is 2.99. The summed E-state index contributed by atoms with van der Waals surface area (Å²) in [6.07, 6.45) is 0. The maximum Gasteiger partial charge on any atom is 0.284 e. The maximum absolute atomic E-state index is 14.6. The summed E-state index contributed by atoms with van der Waals surface area (Å²) in [7, 11) is -3.02. The van der Waals surface area contributed by atoms with E-state index in [0.717, 1.165) is 38.1 Å². The Kier molecular flexibility index (Phi) is 5.31. The van der Waals surface area contributed by atoms with E-state index in [1.807, 2.05) is 127 Å². The van der Waals surface area contributed by atoms with Gasteiger partial charge in [0.25, 0.3) is 11.8 Å². The van der Waals surface area contributed by atoms with Crippen molar-refractivity contribution in [3.8, 4) is 34.4 Å². The summed E-state index contributed by atoms with van der Waals surface area (Å²) in [6.45, 7) is 0. The van der Waals surface area contributed by atoms with Gasteiger partial charge < -0.3 is 14.0 Å². The smallest absolute Gasteiger partial charge is 0.284 e. The summed E-state index contributed by atoms with van der Waals surface area (Å²) < 4.78 is 26.7. The van der Waals surface area contributed by atoms with E-state index in [9.17, 15) is 4.57 Å². The molecule has 0 unspecified atom stereocenters. The number of hydrogen-bond acceptors (Lipinski definition) is 5. The van der Waals surface area contributed by atoms with Crippen molar-refractivity contribution in [3.63, 3.8) is 0 Å². The minimum absolute atomic E-state index is 0.343. The molecule has 38 heavy (non-hydrogen) atoms. The van der Waals surface area contributed by atoms with Gasteiger partial charge in [0.15, 0.2) is 18.6 Å². The summed E-state index contributed by atoms with van der Waals surface area (Å²) in [5.74, 6) is 1.85. The first kappa shape index (κ1) is 22.5. The highest BCUT2D eigenvalue weighted by Gasteiger charge is 2.29. The van der Waals surface area contributed by atoms with Crippen LogP contribution < -0.4 is 25.4 Å². The zero-order valence-electron chi connectivity index (χ0n) is 20.2. The molecule has 0 fully saturated rings. The molecule has 0 bridgehead atoms. The lowest BCUT2D eigenvalue weighted by atomic mass is 10.1. The van der Waals surface area contributed by atoms with Gasteiger partial charge in [-0.25, -0.2) is 9.97 Å². The fraction of sp³-hybridized carbons (Fsp3) is 0. The third-order valence-corrected chi connectivity index (χ3v) is 9.75. The predicted octanol–water partition coefficient (Wildman–Crippen LogP) is 6.83. The van der Waals surface area contributed by atoms with Crippen molar-refractivity contribution < 1.29 is 14.0 Å². The average molecular weight is 513 g/mol. The van der Waals surface area contributed by atoms with Crippen LogP contribution in [0.2, 0.25) is 0 Å². The minimum atomic E-state index is -3.02. The number of nitrogens with zero attached hydrogens (tertiary/aromatic N) is 2. The van der Waals surface area contributed by atoms with Crippen molar-refractivity contribution in [3.05, 3.63) is 127 Å². The van der Waals surface area contributed by atoms with Crippen LogP contribution in [0.5, 0.6) is 23.3 Å². The molecule has 0 saturated carbocycles. The van der Waals surface area contributed by atoms with Gasteiger partial charge >= 0.3 is 0 Å². The molecule has 0 atom stereocenters. The van der Waals surface area contributed by atoms with E-state index in [1.54, 1.807) is 0 Å². The molecule has 5 nitrogen and oxygen atoms in total. The van der Waals surface area contributed by atoms with Crippen molar-refractivity contribution in [2.45, 2.75) is 0 Å². The Bertz CT molecular complexity index is 1800. The molecule has 182 valence electrons. The van der Waals surface area contributed by atoms with Gasteiger partial charge in [0.05, 0.1) is 11.0 Å². The highest BCUT2D eigenvalue weighted by Crippen LogP contribution is 2.46. The van der Waals surface area contributed by atoms with Gasteiger partial charge in [-0.2, -0.15) is 0 Å². The van der Waals surface area contributed by atoms with Gasteiger partial charge in [-0.15, -0.1) is 0 Å². The van der Waals surface area contributed by atoms with Gasteiger partial charge in [0.1, 0.15) is 0 Å².